The normalized spacial score (nSPS) is 13.9. The lowest BCUT2D eigenvalue weighted by molar-refractivity contribution is 0.732. The molecule has 0 fully saturated rings. The molecule has 1 aromatic rings. The van der Waals surface area contributed by atoms with Crippen molar-refractivity contribution >= 4 is 29.0 Å². The second-order valence-corrected chi connectivity index (χ2v) is 4.33. The Morgan fingerprint density at radius 1 is 1.58 bits per heavy atom. The molecule has 1 heterocycles. The molecular weight excluding hydrogens is 190 g/mol. The fraction of sp³-hybridized carbons (Fsp3) is 0.333. The van der Waals surface area contributed by atoms with Gasteiger partial charge in [-0.2, -0.15) is 0 Å². The lowest BCUT2D eigenvalue weighted by atomic mass is 10.3. The minimum absolute atomic E-state index is 0.408. The fourth-order valence-corrected chi connectivity index (χ4v) is 1.73. The van der Waals surface area contributed by atoms with Crippen LogP contribution in [0.3, 0.4) is 0 Å². The van der Waals surface area contributed by atoms with Gasteiger partial charge in [-0.05, 0) is 32.2 Å². The van der Waals surface area contributed by atoms with Gasteiger partial charge in [0.1, 0.15) is 0 Å². The molecule has 0 bridgehead atoms. The number of hydrogen-bond donors (Lipinski definition) is 1. The zero-order chi connectivity index (χ0) is 8.97. The van der Waals surface area contributed by atoms with E-state index in [1.54, 1.807) is 11.3 Å². The van der Waals surface area contributed by atoms with Gasteiger partial charge < -0.3 is 5.32 Å². The largest absolute Gasteiger partial charge is 0.314 e. The van der Waals surface area contributed by atoms with E-state index < -0.39 is 0 Å². The lowest BCUT2D eigenvalue weighted by Crippen LogP contribution is -2.17. The quantitative estimate of drug-likeness (QED) is 0.793. The van der Waals surface area contributed by atoms with Crippen molar-refractivity contribution in [1.82, 2.24) is 5.32 Å². The van der Waals surface area contributed by atoms with Crippen molar-refractivity contribution in [2.75, 3.05) is 7.05 Å². The minimum atomic E-state index is 0.408. The van der Waals surface area contributed by atoms with E-state index in [0.29, 0.717) is 6.04 Å². The summed E-state index contributed by atoms with van der Waals surface area (Å²) in [7, 11) is 1.94. The molecule has 12 heavy (non-hydrogen) atoms. The first kappa shape index (κ1) is 9.78. The Hall–Kier alpha value is -0.310. The second kappa shape index (κ2) is 4.65. The summed E-state index contributed by atoms with van der Waals surface area (Å²) in [6.07, 6.45) is 4.19. The molecule has 0 aromatic carbocycles. The van der Waals surface area contributed by atoms with E-state index in [-0.39, 0.29) is 0 Å². The molecule has 3 heteroatoms. The van der Waals surface area contributed by atoms with Gasteiger partial charge >= 0.3 is 0 Å². The van der Waals surface area contributed by atoms with E-state index >= 15 is 0 Å². The van der Waals surface area contributed by atoms with Gasteiger partial charge in [-0.3, -0.25) is 0 Å². The molecule has 0 saturated heterocycles. The summed E-state index contributed by atoms with van der Waals surface area (Å²) < 4.78 is 0.840. The molecule has 0 saturated carbocycles. The third kappa shape index (κ3) is 2.97. The van der Waals surface area contributed by atoms with Gasteiger partial charge in [0.2, 0.25) is 0 Å². The molecule has 1 nitrogen and oxygen atoms in total. The van der Waals surface area contributed by atoms with E-state index in [4.69, 9.17) is 11.6 Å². The van der Waals surface area contributed by atoms with Gasteiger partial charge in [0.25, 0.3) is 0 Å². The number of likely N-dealkylation sites (N-methyl/N-ethyl adjacent to an activating group) is 1. The molecule has 66 valence electrons. The molecule has 1 N–H and O–H groups in total. The molecule has 1 atom stereocenters. The summed E-state index contributed by atoms with van der Waals surface area (Å²) in [4.78, 5) is 1.20. The fourth-order valence-electron chi connectivity index (χ4n) is 0.753. The predicted molar refractivity (Wildman–Crippen MR) is 56.9 cm³/mol. The van der Waals surface area contributed by atoms with Gasteiger partial charge in [-0.25, -0.2) is 0 Å². The summed E-state index contributed by atoms with van der Waals surface area (Å²) >= 11 is 7.37. The van der Waals surface area contributed by atoms with Crippen LogP contribution in [0.25, 0.3) is 6.08 Å². The van der Waals surface area contributed by atoms with Crippen molar-refractivity contribution < 1.29 is 0 Å². The van der Waals surface area contributed by atoms with Crippen LogP contribution in [0.4, 0.5) is 0 Å². The van der Waals surface area contributed by atoms with Crippen LogP contribution in [0.15, 0.2) is 18.2 Å². The van der Waals surface area contributed by atoms with Crippen molar-refractivity contribution in [1.29, 1.82) is 0 Å². The third-order valence-corrected chi connectivity index (χ3v) is 2.79. The van der Waals surface area contributed by atoms with E-state index in [0.717, 1.165) is 4.34 Å². The average molecular weight is 202 g/mol. The molecule has 0 amide bonds. The van der Waals surface area contributed by atoms with Crippen LogP contribution >= 0.6 is 22.9 Å². The van der Waals surface area contributed by atoms with Crippen molar-refractivity contribution in [2.45, 2.75) is 13.0 Å². The minimum Gasteiger partial charge on any atom is -0.314 e. The Bertz CT molecular complexity index is 267. The Balaban J connectivity index is 2.57. The maximum atomic E-state index is 5.78. The maximum absolute atomic E-state index is 5.78. The zero-order valence-corrected chi connectivity index (χ0v) is 8.75. The number of hydrogen-bond acceptors (Lipinski definition) is 2. The van der Waals surface area contributed by atoms with Crippen LogP contribution in [0.2, 0.25) is 4.34 Å². The first-order valence-corrected chi connectivity index (χ1v) is 5.02. The Morgan fingerprint density at radius 2 is 2.33 bits per heavy atom. The lowest BCUT2D eigenvalue weighted by Gasteiger charge is -2.00. The van der Waals surface area contributed by atoms with Crippen LogP contribution in [-0.2, 0) is 0 Å². The van der Waals surface area contributed by atoms with Gasteiger partial charge in [0.15, 0.2) is 0 Å². The molecule has 0 aliphatic heterocycles. The second-order valence-electron chi connectivity index (χ2n) is 2.58. The van der Waals surface area contributed by atoms with E-state index in [1.165, 1.54) is 4.88 Å². The monoisotopic (exact) mass is 201 g/mol. The number of halogens is 1. The molecular formula is C9H12ClNS. The van der Waals surface area contributed by atoms with Gasteiger partial charge in [-0.15, -0.1) is 11.3 Å². The molecule has 1 aromatic heterocycles. The average Bonchev–Trinajstić information content (AvgIpc) is 2.47. The van der Waals surface area contributed by atoms with Crippen molar-refractivity contribution in [3.8, 4) is 0 Å². The van der Waals surface area contributed by atoms with Crippen molar-refractivity contribution in [3.05, 3.63) is 27.4 Å². The summed E-state index contributed by atoms with van der Waals surface area (Å²) in [6.45, 7) is 2.10. The number of thiophene rings is 1. The van der Waals surface area contributed by atoms with E-state index in [1.807, 2.05) is 19.2 Å². The highest BCUT2D eigenvalue weighted by Crippen LogP contribution is 2.22. The zero-order valence-electron chi connectivity index (χ0n) is 7.17. The SMILES string of the molecule is CNC(C)/C=C/c1ccc(Cl)s1. The Morgan fingerprint density at radius 3 is 2.83 bits per heavy atom. The first-order chi connectivity index (χ1) is 5.72. The maximum Gasteiger partial charge on any atom is 0.0934 e. The van der Waals surface area contributed by atoms with Gasteiger partial charge in [0.05, 0.1) is 4.34 Å². The summed E-state index contributed by atoms with van der Waals surface area (Å²) in [6, 6.07) is 4.34. The van der Waals surface area contributed by atoms with E-state index in [9.17, 15) is 0 Å². The molecule has 0 spiro atoms. The van der Waals surface area contributed by atoms with Crippen LogP contribution in [-0.4, -0.2) is 13.1 Å². The van der Waals surface area contributed by atoms with Gasteiger partial charge in [-0.1, -0.05) is 17.7 Å². The Kier molecular flexibility index (Phi) is 3.79. The highest BCUT2D eigenvalue weighted by molar-refractivity contribution is 7.16. The smallest absolute Gasteiger partial charge is 0.0934 e. The summed E-state index contributed by atoms with van der Waals surface area (Å²) in [5.41, 5.74) is 0. The first-order valence-electron chi connectivity index (χ1n) is 3.83. The van der Waals surface area contributed by atoms with Crippen molar-refractivity contribution in [3.63, 3.8) is 0 Å². The summed E-state index contributed by atoms with van der Waals surface area (Å²) in [5, 5.41) is 3.13. The van der Waals surface area contributed by atoms with Crippen LogP contribution in [0.5, 0.6) is 0 Å². The van der Waals surface area contributed by atoms with Crippen LogP contribution < -0.4 is 5.32 Å². The highest BCUT2D eigenvalue weighted by Gasteiger charge is 1.93. The van der Waals surface area contributed by atoms with Crippen molar-refractivity contribution in [2.24, 2.45) is 0 Å². The van der Waals surface area contributed by atoms with E-state index in [2.05, 4.69) is 24.4 Å². The Labute approximate surface area is 82.1 Å². The standard InChI is InChI=1S/C9H12ClNS/c1-7(11-2)3-4-8-5-6-9(10)12-8/h3-7,11H,1-2H3/b4-3+. The van der Waals surface area contributed by atoms with Crippen LogP contribution in [0, 0.1) is 0 Å². The predicted octanol–water partition coefficient (Wildman–Crippen LogP) is 3.02. The van der Waals surface area contributed by atoms with Crippen LogP contribution in [0.1, 0.15) is 11.8 Å². The summed E-state index contributed by atoms with van der Waals surface area (Å²) in [5.74, 6) is 0. The molecule has 1 rings (SSSR count). The molecule has 0 radical (unpaired) electrons. The number of nitrogens with one attached hydrogen (secondary N) is 1. The highest BCUT2D eigenvalue weighted by atomic mass is 35.5. The molecule has 0 aliphatic rings. The topological polar surface area (TPSA) is 12.0 Å². The number of rotatable bonds is 3. The van der Waals surface area contributed by atoms with Gasteiger partial charge in [0, 0.05) is 10.9 Å². The third-order valence-electron chi connectivity index (χ3n) is 1.60. The molecule has 1 unspecified atom stereocenters. The molecule has 0 aliphatic carbocycles.